The lowest BCUT2D eigenvalue weighted by atomic mass is 9.90. The first kappa shape index (κ1) is 13.7. The van der Waals surface area contributed by atoms with Crippen LogP contribution in [-0.2, 0) is 11.3 Å². The number of likely N-dealkylation sites (N-methyl/N-ethyl adjacent to an activating group) is 1. The first-order chi connectivity index (χ1) is 8.06. The number of benzene rings is 1. The Morgan fingerprint density at radius 2 is 1.76 bits per heavy atom. The average Bonchev–Trinajstić information content (AvgIpc) is 2.32. The molecule has 0 amide bonds. The highest BCUT2D eigenvalue weighted by atomic mass is 16.4. The fourth-order valence-corrected chi connectivity index (χ4v) is 2.26. The van der Waals surface area contributed by atoms with Crippen LogP contribution in [0.25, 0.3) is 0 Å². The topological polar surface area (TPSA) is 40.5 Å². The number of nitrogens with zero attached hydrogens (tertiary/aromatic N) is 1. The van der Waals surface area contributed by atoms with E-state index in [2.05, 4.69) is 0 Å². The van der Waals surface area contributed by atoms with Crippen molar-refractivity contribution < 1.29 is 9.90 Å². The lowest BCUT2D eigenvalue weighted by molar-refractivity contribution is -0.151. The van der Waals surface area contributed by atoms with Crippen LogP contribution in [0.1, 0.15) is 32.3 Å². The molecule has 0 saturated carbocycles. The molecule has 0 heterocycles. The van der Waals surface area contributed by atoms with Crippen LogP contribution in [-0.4, -0.2) is 28.6 Å². The van der Waals surface area contributed by atoms with Crippen LogP contribution in [0, 0.1) is 0 Å². The van der Waals surface area contributed by atoms with Gasteiger partial charge in [0.15, 0.2) is 0 Å². The molecule has 3 heteroatoms. The summed E-state index contributed by atoms with van der Waals surface area (Å²) in [6, 6.07) is 9.96. The van der Waals surface area contributed by atoms with E-state index in [-0.39, 0.29) is 0 Å². The smallest absolute Gasteiger partial charge is 0.324 e. The Morgan fingerprint density at radius 3 is 2.18 bits per heavy atom. The molecule has 17 heavy (non-hydrogen) atoms. The first-order valence-corrected chi connectivity index (χ1v) is 6.05. The molecule has 1 rings (SSSR count). The predicted molar refractivity (Wildman–Crippen MR) is 68.9 cm³/mol. The molecule has 1 aromatic carbocycles. The van der Waals surface area contributed by atoms with E-state index in [9.17, 15) is 9.90 Å². The molecule has 0 aliphatic heterocycles. The number of hydrogen-bond donors (Lipinski definition) is 1. The van der Waals surface area contributed by atoms with Gasteiger partial charge in [0.2, 0.25) is 0 Å². The summed E-state index contributed by atoms with van der Waals surface area (Å²) in [5.74, 6) is -0.735. The summed E-state index contributed by atoms with van der Waals surface area (Å²) in [5.41, 5.74) is 0.387. The Bertz CT molecular complexity index is 358. The van der Waals surface area contributed by atoms with Gasteiger partial charge in [0, 0.05) is 6.54 Å². The van der Waals surface area contributed by atoms with E-state index in [0.717, 1.165) is 5.56 Å². The van der Waals surface area contributed by atoms with Crippen LogP contribution < -0.4 is 0 Å². The molecule has 1 N–H and O–H groups in total. The SMILES string of the molecule is CCC(CC)(C(=O)O)N(C)Cc1ccccc1. The number of rotatable bonds is 6. The van der Waals surface area contributed by atoms with Crippen molar-refractivity contribution >= 4 is 5.97 Å². The zero-order valence-corrected chi connectivity index (χ0v) is 10.8. The molecule has 0 bridgehead atoms. The van der Waals surface area contributed by atoms with Gasteiger partial charge in [0.05, 0.1) is 0 Å². The number of carbonyl (C=O) groups is 1. The van der Waals surface area contributed by atoms with Crippen LogP contribution in [0.3, 0.4) is 0 Å². The third-order valence-electron chi connectivity index (χ3n) is 3.56. The molecule has 0 unspecified atom stereocenters. The largest absolute Gasteiger partial charge is 0.480 e. The lowest BCUT2D eigenvalue weighted by Crippen LogP contribution is -2.51. The van der Waals surface area contributed by atoms with Gasteiger partial charge in [-0.2, -0.15) is 0 Å². The number of hydrogen-bond acceptors (Lipinski definition) is 2. The zero-order chi connectivity index (χ0) is 12.9. The molecular weight excluding hydrogens is 214 g/mol. The van der Waals surface area contributed by atoms with E-state index < -0.39 is 11.5 Å². The Balaban J connectivity index is 2.86. The Labute approximate surface area is 103 Å². The van der Waals surface area contributed by atoms with Crippen LogP contribution in [0.4, 0.5) is 0 Å². The second kappa shape index (κ2) is 5.82. The monoisotopic (exact) mass is 235 g/mol. The fourth-order valence-electron chi connectivity index (χ4n) is 2.26. The van der Waals surface area contributed by atoms with Gasteiger partial charge in [-0.25, -0.2) is 0 Å². The summed E-state index contributed by atoms with van der Waals surface area (Å²) in [7, 11) is 1.88. The summed E-state index contributed by atoms with van der Waals surface area (Å²) in [5, 5.41) is 9.43. The molecule has 0 fully saturated rings. The highest BCUT2D eigenvalue weighted by Gasteiger charge is 2.38. The molecule has 0 saturated heterocycles. The van der Waals surface area contributed by atoms with Gasteiger partial charge in [0.1, 0.15) is 5.54 Å². The van der Waals surface area contributed by atoms with Crippen molar-refractivity contribution in [1.82, 2.24) is 4.90 Å². The molecule has 3 nitrogen and oxygen atoms in total. The van der Waals surface area contributed by atoms with Crippen molar-refractivity contribution in [3.8, 4) is 0 Å². The van der Waals surface area contributed by atoms with Crippen molar-refractivity contribution in [1.29, 1.82) is 0 Å². The van der Waals surface area contributed by atoms with E-state index in [1.165, 1.54) is 0 Å². The van der Waals surface area contributed by atoms with E-state index in [4.69, 9.17) is 0 Å². The minimum Gasteiger partial charge on any atom is -0.480 e. The van der Waals surface area contributed by atoms with E-state index in [1.807, 2.05) is 56.1 Å². The van der Waals surface area contributed by atoms with Gasteiger partial charge >= 0.3 is 5.97 Å². The third kappa shape index (κ3) is 2.86. The second-order valence-electron chi connectivity index (χ2n) is 4.39. The van der Waals surface area contributed by atoms with Crippen molar-refractivity contribution in [2.75, 3.05) is 7.05 Å². The quantitative estimate of drug-likeness (QED) is 0.824. The number of carboxylic acid groups (broad SMARTS) is 1. The van der Waals surface area contributed by atoms with E-state index >= 15 is 0 Å². The maximum Gasteiger partial charge on any atom is 0.324 e. The van der Waals surface area contributed by atoms with E-state index in [0.29, 0.717) is 19.4 Å². The molecule has 94 valence electrons. The van der Waals surface area contributed by atoms with Crippen molar-refractivity contribution in [3.63, 3.8) is 0 Å². The average molecular weight is 235 g/mol. The minimum atomic E-state index is -0.754. The van der Waals surface area contributed by atoms with Gasteiger partial charge in [0.25, 0.3) is 0 Å². The minimum absolute atomic E-state index is 0.613. The van der Waals surface area contributed by atoms with Gasteiger partial charge in [-0.15, -0.1) is 0 Å². The van der Waals surface area contributed by atoms with Crippen molar-refractivity contribution in [3.05, 3.63) is 35.9 Å². The lowest BCUT2D eigenvalue weighted by Gasteiger charge is -2.36. The van der Waals surface area contributed by atoms with Gasteiger partial charge < -0.3 is 5.11 Å². The second-order valence-corrected chi connectivity index (χ2v) is 4.39. The van der Waals surface area contributed by atoms with Crippen LogP contribution in [0.15, 0.2) is 30.3 Å². The molecular formula is C14H21NO2. The Kier molecular flexibility index (Phi) is 4.70. The molecule has 0 radical (unpaired) electrons. The summed E-state index contributed by atoms with van der Waals surface area (Å²) in [4.78, 5) is 13.4. The third-order valence-corrected chi connectivity index (χ3v) is 3.56. The Hall–Kier alpha value is -1.35. The van der Waals surface area contributed by atoms with Gasteiger partial charge in [-0.3, -0.25) is 9.69 Å². The summed E-state index contributed by atoms with van der Waals surface area (Å²) >= 11 is 0. The highest BCUT2D eigenvalue weighted by Crippen LogP contribution is 2.24. The maximum absolute atomic E-state index is 11.5. The molecule has 0 aliphatic carbocycles. The summed E-state index contributed by atoms with van der Waals surface area (Å²) in [6.45, 7) is 4.52. The normalized spacial score (nSPS) is 11.8. The van der Waals surface area contributed by atoms with Gasteiger partial charge in [-0.05, 0) is 25.5 Å². The predicted octanol–water partition coefficient (Wildman–Crippen LogP) is 2.76. The number of aliphatic carboxylic acids is 1. The van der Waals surface area contributed by atoms with Crippen molar-refractivity contribution in [2.45, 2.75) is 38.8 Å². The van der Waals surface area contributed by atoms with Crippen molar-refractivity contribution in [2.24, 2.45) is 0 Å². The molecule has 0 spiro atoms. The molecule has 1 aromatic rings. The zero-order valence-electron chi connectivity index (χ0n) is 10.8. The summed E-state index contributed by atoms with van der Waals surface area (Å²) in [6.07, 6.45) is 1.23. The van der Waals surface area contributed by atoms with Crippen LogP contribution in [0.2, 0.25) is 0 Å². The molecule has 0 aromatic heterocycles. The maximum atomic E-state index is 11.5. The van der Waals surface area contributed by atoms with E-state index in [1.54, 1.807) is 0 Å². The number of carboxylic acids is 1. The first-order valence-electron chi connectivity index (χ1n) is 6.05. The summed E-state index contributed by atoms with van der Waals surface area (Å²) < 4.78 is 0. The van der Waals surface area contributed by atoms with Crippen LogP contribution >= 0.6 is 0 Å². The van der Waals surface area contributed by atoms with Gasteiger partial charge in [-0.1, -0.05) is 44.2 Å². The Morgan fingerprint density at radius 1 is 1.24 bits per heavy atom. The molecule has 0 atom stereocenters. The highest BCUT2D eigenvalue weighted by molar-refractivity contribution is 5.78. The van der Waals surface area contributed by atoms with Crippen LogP contribution in [0.5, 0.6) is 0 Å². The fraction of sp³-hybridized carbons (Fsp3) is 0.500. The standard InChI is InChI=1S/C14H21NO2/c1-4-14(5-2,13(16)17)15(3)11-12-9-7-6-8-10-12/h6-10H,4-5,11H2,1-3H3,(H,16,17). The molecule has 0 aliphatic rings.